The molecule has 0 saturated carbocycles. The zero-order chi connectivity index (χ0) is 14.4. The fourth-order valence-corrected chi connectivity index (χ4v) is 2.63. The summed E-state index contributed by atoms with van der Waals surface area (Å²) in [5, 5.41) is 15.9. The molecule has 20 heavy (non-hydrogen) atoms. The van der Waals surface area contributed by atoms with E-state index in [1.807, 2.05) is 23.6 Å². The van der Waals surface area contributed by atoms with Crippen LogP contribution in [0.4, 0.5) is 5.00 Å². The van der Waals surface area contributed by atoms with Crippen LogP contribution in [-0.2, 0) is 24.4 Å². The van der Waals surface area contributed by atoms with E-state index in [1.165, 1.54) is 5.56 Å². The molecular formula is C14H16N2O3S. The maximum atomic E-state index is 10.6. The van der Waals surface area contributed by atoms with Crippen LogP contribution in [0.5, 0.6) is 0 Å². The Morgan fingerprint density at radius 1 is 1.25 bits per heavy atom. The molecule has 0 spiro atoms. The van der Waals surface area contributed by atoms with Crippen molar-refractivity contribution < 1.29 is 9.66 Å². The lowest BCUT2D eigenvalue weighted by molar-refractivity contribution is -0.380. The van der Waals surface area contributed by atoms with Gasteiger partial charge in [-0.2, -0.15) is 0 Å². The Morgan fingerprint density at radius 3 is 2.70 bits per heavy atom. The van der Waals surface area contributed by atoms with Gasteiger partial charge in [-0.25, -0.2) is 0 Å². The molecule has 106 valence electrons. The quantitative estimate of drug-likeness (QED) is 0.629. The second-order valence-corrected chi connectivity index (χ2v) is 5.30. The molecule has 0 aliphatic rings. The Morgan fingerprint density at radius 2 is 2.00 bits per heavy atom. The molecule has 2 rings (SSSR count). The number of nitrogens with one attached hydrogen (secondary N) is 1. The molecule has 1 heterocycles. The van der Waals surface area contributed by atoms with Crippen LogP contribution in [0.3, 0.4) is 0 Å². The van der Waals surface area contributed by atoms with Crippen molar-refractivity contribution in [2.24, 2.45) is 0 Å². The number of ether oxygens (including phenoxy) is 1. The zero-order valence-electron chi connectivity index (χ0n) is 11.2. The second kappa shape index (κ2) is 7.14. The Hall–Kier alpha value is -1.76. The number of nitrogens with zero attached hydrogens (tertiary/aromatic N) is 1. The summed E-state index contributed by atoms with van der Waals surface area (Å²) in [4.78, 5) is 10.2. The van der Waals surface area contributed by atoms with Crippen molar-refractivity contribution in [3.05, 3.63) is 62.5 Å². The van der Waals surface area contributed by atoms with Crippen LogP contribution in [-0.4, -0.2) is 12.0 Å². The lowest BCUT2D eigenvalue weighted by Crippen LogP contribution is -2.12. The monoisotopic (exact) mass is 292 g/mol. The summed E-state index contributed by atoms with van der Waals surface area (Å²) in [5.74, 6) is 0. The predicted molar refractivity (Wildman–Crippen MR) is 78.7 cm³/mol. The van der Waals surface area contributed by atoms with Crippen LogP contribution < -0.4 is 5.32 Å². The second-order valence-electron chi connectivity index (χ2n) is 4.41. The van der Waals surface area contributed by atoms with E-state index >= 15 is 0 Å². The number of methoxy groups -OCH3 is 1. The Bertz CT molecular complexity index is 583. The van der Waals surface area contributed by atoms with Crippen molar-refractivity contribution in [2.45, 2.75) is 19.7 Å². The Labute approximate surface area is 121 Å². The van der Waals surface area contributed by atoms with Crippen molar-refractivity contribution >= 4 is 16.3 Å². The van der Waals surface area contributed by atoms with Crippen molar-refractivity contribution in [1.29, 1.82) is 0 Å². The summed E-state index contributed by atoms with van der Waals surface area (Å²) in [6, 6.07) is 9.77. The van der Waals surface area contributed by atoms with Gasteiger partial charge < -0.3 is 10.1 Å². The molecule has 0 amide bonds. The molecule has 0 radical (unpaired) electrons. The van der Waals surface area contributed by atoms with Crippen LogP contribution in [0.2, 0.25) is 0 Å². The highest BCUT2D eigenvalue weighted by atomic mass is 32.1. The smallest absolute Gasteiger partial charge is 0.324 e. The van der Waals surface area contributed by atoms with Gasteiger partial charge in [0.25, 0.3) is 0 Å². The molecule has 0 fully saturated rings. The van der Waals surface area contributed by atoms with E-state index in [-0.39, 0.29) is 9.92 Å². The van der Waals surface area contributed by atoms with E-state index in [2.05, 4.69) is 11.4 Å². The Balaban J connectivity index is 1.85. The highest BCUT2D eigenvalue weighted by molar-refractivity contribution is 7.13. The predicted octanol–water partition coefficient (Wildman–Crippen LogP) is 3.09. The highest BCUT2D eigenvalue weighted by Gasteiger charge is 2.08. The SMILES string of the molecule is COCc1cccc(CNCc2csc([N+](=O)[O-])c2)c1. The van der Waals surface area contributed by atoms with Crippen molar-refractivity contribution in [2.75, 3.05) is 7.11 Å². The molecule has 1 aromatic heterocycles. The van der Waals surface area contributed by atoms with Crippen molar-refractivity contribution in [1.82, 2.24) is 5.32 Å². The van der Waals surface area contributed by atoms with E-state index < -0.39 is 0 Å². The molecule has 0 saturated heterocycles. The minimum Gasteiger partial charge on any atom is -0.380 e. The van der Waals surface area contributed by atoms with Crippen LogP contribution in [0.1, 0.15) is 16.7 Å². The largest absolute Gasteiger partial charge is 0.380 e. The first kappa shape index (κ1) is 14.6. The average molecular weight is 292 g/mol. The third-order valence-corrected chi connectivity index (χ3v) is 3.71. The van der Waals surface area contributed by atoms with Gasteiger partial charge in [0.05, 0.1) is 11.5 Å². The summed E-state index contributed by atoms with van der Waals surface area (Å²) in [6.07, 6.45) is 0. The van der Waals surface area contributed by atoms with Crippen LogP contribution in [0.25, 0.3) is 0 Å². The summed E-state index contributed by atoms with van der Waals surface area (Å²) >= 11 is 1.16. The van der Waals surface area contributed by atoms with Gasteiger partial charge in [-0.1, -0.05) is 35.6 Å². The fourth-order valence-electron chi connectivity index (χ4n) is 1.90. The van der Waals surface area contributed by atoms with Crippen LogP contribution in [0.15, 0.2) is 35.7 Å². The fraction of sp³-hybridized carbons (Fsp3) is 0.286. The molecule has 0 unspecified atom stereocenters. The van der Waals surface area contributed by atoms with Gasteiger partial charge in [0.1, 0.15) is 0 Å². The summed E-state index contributed by atoms with van der Waals surface area (Å²) in [7, 11) is 1.67. The number of nitro groups is 1. The highest BCUT2D eigenvalue weighted by Crippen LogP contribution is 2.22. The van der Waals surface area contributed by atoms with Gasteiger partial charge >= 0.3 is 5.00 Å². The van der Waals surface area contributed by atoms with E-state index in [1.54, 1.807) is 13.2 Å². The summed E-state index contributed by atoms with van der Waals surface area (Å²) in [5.41, 5.74) is 3.25. The molecule has 1 aromatic carbocycles. The van der Waals surface area contributed by atoms with E-state index in [4.69, 9.17) is 4.74 Å². The number of thiophene rings is 1. The van der Waals surface area contributed by atoms with Crippen molar-refractivity contribution in [3.63, 3.8) is 0 Å². The van der Waals surface area contributed by atoms with Crippen LogP contribution in [0, 0.1) is 10.1 Å². The van der Waals surface area contributed by atoms with Gasteiger partial charge in [0.15, 0.2) is 0 Å². The van der Waals surface area contributed by atoms with Gasteiger partial charge in [0, 0.05) is 31.6 Å². The minimum atomic E-state index is -0.359. The maximum Gasteiger partial charge on any atom is 0.324 e. The van der Waals surface area contributed by atoms with Gasteiger partial charge in [-0.15, -0.1) is 0 Å². The third kappa shape index (κ3) is 4.12. The molecule has 0 aliphatic carbocycles. The average Bonchev–Trinajstić information content (AvgIpc) is 2.89. The first-order chi connectivity index (χ1) is 9.69. The molecule has 6 heteroatoms. The molecule has 5 nitrogen and oxygen atoms in total. The molecule has 1 N–H and O–H groups in total. The number of hydrogen-bond acceptors (Lipinski definition) is 5. The molecule has 0 atom stereocenters. The first-order valence-corrected chi connectivity index (χ1v) is 7.06. The van der Waals surface area contributed by atoms with Gasteiger partial charge in [-0.3, -0.25) is 10.1 Å². The third-order valence-electron chi connectivity index (χ3n) is 2.78. The van der Waals surface area contributed by atoms with Crippen LogP contribution >= 0.6 is 11.3 Å². The van der Waals surface area contributed by atoms with E-state index in [0.29, 0.717) is 13.2 Å². The molecule has 2 aromatic rings. The van der Waals surface area contributed by atoms with Gasteiger partial charge in [0.2, 0.25) is 0 Å². The van der Waals surface area contributed by atoms with E-state index in [9.17, 15) is 10.1 Å². The number of rotatable bonds is 7. The van der Waals surface area contributed by atoms with Gasteiger partial charge in [-0.05, 0) is 16.7 Å². The summed E-state index contributed by atoms with van der Waals surface area (Å²) < 4.78 is 5.10. The maximum absolute atomic E-state index is 10.6. The lowest BCUT2D eigenvalue weighted by Gasteiger charge is -2.06. The zero-order valence-corrected chi connectivity index (χ0v) is 12.0. The first-order valence-electron chi connectivity index (χ1n) is 6.18. The standard InChI is InChI=1S/C14H16N2O3S/c1-19-9-12-4-2-3-11(5-12)7-15-8-13-6-14(16(17)18)20-10-13/h2-6,10,15H,7-9H2,1H3. The number of hydrogen-bond donors (Lipinski definition) is 1. The normalized spacial score (nSPS) is 10.7. The molecular weight excluding hydrogens is 276 g/mol. The minimum absolute atomic E-state index is 0.184. The Kier molecular flexibility index (Phi) is 5.23. The van der Waals surface area contributed by atoms with E-state index in [0.717, 1.165) is 29.0 Å². The number of benzene rings is 1. The summed E-state index contributed by atoms with van der Waals surface area (Å²) in [6.45, 7) is 1.95. The topological polar surface area (TPSA) is 64.4 Å². The lowest BCUT2D eigenvalue weighted by atomic mass is 10.1. The molecule has 0 aliphatic heterocycles. The molecule has 0 bridgehead atoms. The van der Waals surface area contributed by atoms with Crippen molar-refractivity contribution in [3.8, 4) is 0 Å².